The van der Waals surface area contributed by atoms with Gasteiger partial charge in [-0.15, -0.1) is 0 Å². The van der Waals surface area contributed by atoms with Crippen molar-refractivity contribution in [2.24, 2.45) is 16.3 Å². The smallest absolute Gasteiger partial charge is 0.161 e. The molecule has 2 aliphatic rings. The molecule has 3 rings (SSSR count). The average Bonchev–Trinajstić information content (AvgIpc) is 2.54. The maximum Gasteiger partial charge on any atom is 0.161 e. The zero-order valence-corrected chi connectivity index (χ0v) is 15.7. The number of Topliss-reactive ketones (excluding diaryl/α,β-unsaturated/α-hetero) is 1. The third-order valence-electron chi connectivity index (χ3n) is 5.08. The van der Waals surface area contributed by atoms with E-state index < -0.39 is 5.92 Å². The SMILES string of the molecule is CCOc1cc([C@H]2C3=C(CC(C)(C)CC3=O)N=C(C)C2C#N)ccc1O. The number of aromatic hydroxyl groups is 1. The summed E-state index contributed by atoms with van der Waals surface area (Å²) >= 11 is 0. The van der Waals surface area contributed by atoms with Crippen LogP contribution in [0.25, 0.3) is 0 Å². The Labute approximate surface area is 154 Å². The van der Waals surface area contributed by atoms with Gasteiger partial charge in [0, 0.05) is 29.3 Å². The summed E-state index contributed by atoms with van der Waals surface area (Å²) in [4.78, 5) is 17.6. The molecule has 5 heteroatoms. The van der Waals surface area contributed by atoms with Crippen molar-refractivity contribution in [3.63, 3.8) is 0 Å². The van der Waals surface area contributed by atoms with Crippen molar-refractivity contribution in [1.82, 2.24) is 0 Å². The van der Waals surface area contributed by atoms with Crippen molar-refractivity contribution in [2.45, 2.75) is 46.5 Å². The predicted octanol–water partition coefficient (Wildman–Crippen LogP) is 4.13. The molecule has 1 heterocycles. The molecule has 1 N–H and O–H groups in total. The minimum Gasteiger partial charge on any atom is -0.504 e. The Morgan fingerprint density at radius 3 is 2.77 bits per heavy atom. The molecule has 1 aromatic rings. The molecule has 0 amide bonds. The predicted molar refractivity (Wildman–Crippen MR) is 99.3 cm³/mol. The lowest BCUT2D eigenvalue weighted by Crippen LogP contribution is -2.35. The number of carbonyl (C=O) groups excluding carboxylic acids is 1. The standard InChI is InChI=1S/C21H24N2O3/c1-5-26-18-8-13(6-7-16(18)24)19-14(11-22)12(2)23-15-9-21(3,4)10-17(25)20(15)19/h6-8,14,19,24H,5,9-10H2,1-4H3/t14?,19-/m1/s1. The first-order valence-corrected chi connectivity index (χ1v) is 8.94. The van der Waals surface area contributed by atoms with Gasteiger partial charge >= 0.3 is 0 Å². The summed E-state index contributed by atoms with van der Waals surface area (Å²) < 4.78 is 5.50. The van der Waals surface area contributed by atoms with Gasteiger partial charge < -0.3 is 9.84 Å². The molecule has 1 aliphatic carbocycles. The molecule has 0 fully saturated rings. The van der Waals surface area contributed by atoms with Crippen molar-refractivity contribution in [2.75, 3.05) is 6.61 Å². The van der Waals surface area contributed by atoms with Crippen LogP contribution >= 0.6 is 0 Å². The minimum atomic E-state index is -0.502. The largest absolute Gasteiger partial charge is 0.504 e. The van der Waals surface area contributed by atoms with Gasteiger partial charge in [0.1, 0.15) is 0 Å². The molecular weight excluding hydrogens is 328 g/mol. The van der Waals surface area contributed by atoms with Crippen molar-refractivity contribution in [3.8, 4) is 17.6 Å². The zero-order chi connectivity index (χ0) is 19.1. The molecule has 0 aromatic heterocycles. The number of carbonyl (C=O) groups is 1. The second kappa shape index (κ2) is 6.60. The van der Waals surface area contributed by atoms with Crippen LogP contribution in [0.3, 0.4) is 0 Å². The van der Waals surface area contributed by atoms with E-state index in [-0.39, 0.29) is 22.9 Å². The highest BCUT2D eigenvalue weighted by Gasteiger charge is 2.43. The number of ketones is 1. The molecule has 0 bridgehead atoms. The number of benzene rings is 1. The lowest BCUT2D eigenvalue weighted by molar-refractivity contribution is -0.118. The van der Waals surface area contributed by atoms with E-state index in [9.17, 15) is 15.2 Å². The Morgan fingerprint density at radius 1 is 1.38 bits per heavy atom. The number of aliphatic imine (C=N–C) groups is 1. The Balaban J connectivity index is 2.16. The monoisotopic (exact) mass is 352 g/mol. The Kier molecular flexibility index (Phi) is 4.62. The Hall–Kier alpha value is -2.61. The number of hydrogen-bond acceptors (Lipinski definition) is 5. The molecule has 2 atom stereocenters. The summed E-state index contributed by atoms with van der Waals surface area (Å²) in [6.45, 7) is 8.25. The number of rotatable bonds is 3. The van der Waals surface area contributed by atoms with Crippen LogP contribution in [0.2, 0.25) is 0 Å². The molecule has 1 aromatic carbocycles. The van der Waals surface area contributed by atoms with Crippen LogP contribution in [0.1, 0.15) is 52.0 Å². The number of nitrogens with zero attached hydrogens (tertiary/aromatic N) is 2. The summed E-state index contributed by atoms with van der Waals surface area (Å²) in [5.41, 5.74) is 2.84. The maximum absolute atomic E-state index is 13.0. The molecule has 0 radical (unpaired) electrons. The molecule has 0 spiro atoms. The van der Waals surface area contributed by atoms with Crippen LogP contribution in [0.5, 0.6) is 11.5 Å². The number of allylic oxidation sites excluding steroid dienone is 2. The van der Waals surface area contributed by atoms with Gasteiger partial charge in [0.15, 0.2) is 17.3 Å². The number of phenols is 1. The molecular formula is C21H24N2O3. The fourth-order valence-corrected chi connectivity index (χ4v) is 3.97. The van der Waals surface area contributed by atoms with Crippen LogP contribution in [0.15, 0.2) is 34.5 Å². The maximum atomic E-state index is 13.0. The summed E-state index contributed by atoms with van der Waals surface area (Å²) in [6, 6.07) is 7.39. The van der Waals surface area contributed by atoms with Gasteiger partial charge in [0.05, 0.1) is 18.6 Å². The topological polar surface area (TPSA) is 82.7 Å². The average molecular weight is 352 g/mol. The van der Waals surface area contributed by atoms with E-state index in [1.807, 2.05) is 13.8 Å². The number of hydrogen-bond donors (Lipinski definition) is 1. The van der Waals surface area contributed by atoms with E-state index in [0.717, 1.165) is 23.4 Å². The number of ether oxygens (including phenoxy) is 1. The number of nitriles is 1. The van der Waals surface area contributed by atoms with E-state index in [1.54, 1.807) is 18.2 Å². The number of phenolic OH excluding ortho intramolecular Hbond substituents is 1. The fourth-order valence-electron chi connectivity index (χ4n) is 3.97. The van der Waals surface area contributed by atoms with Crippen molar-refractivity contribution < 1.29 is 14.6 Å². The van der Waals surface area contributed by atoms with Crippen LogP contribution < -0.4 is 4.74 Å². The summed E-state index contributed by atoms with van der Waals surface area (Å²) in [5.74, 6) is -0.402. The Morgan fingerprint density at radius 2 is 2.12 bits per heavy atom. The summed E-state index contributed by atoms with van der Waals surface area (Å²) in [6.07, 6.45) is 1.17. The van der Waals surface area contributed by atoms with E-state index in [0.29, 0.717) is 24.4 Å². The van der Waals surface area contributed by atoms with Crippen molar-refractivity contribution in [1.29, 1.82) is 5.26 Å². The molecule has 1 unspecified atom stereocenters. The van der Waals surface area contributed by atoms with Gasteiger partial charge in [0.25, 0.3) is 0 Å². The van der Waals surface area contributed by atoms with E-state index in [2.05, 4.69) is 24.9 Å². The molecule has 136 valence electrons. The quantitative estimate of drug-likeness (QED) is 0.886. The van der Waals surface area contributed by atoms with Crippen molar-refractivity contribution in [3.05, 3.63) is 35.0 Å². The van der Waals surface area contributed by atoms with Gasteiger partial charge in [-0.3, -0.25) is 9.79 Å². The first-order chi connectivity index (χ1) is 12.3. The fraction of sp³-hybridized carbons (Fsp3) is 0.476. The third kappa shape index (κ3) is 3.12. The van der Waals surface area contributed by atoms with Crippen LogP contribution in [-0.4, -0.2) is 23.2 Å². The summed E-state index contributed by atoms with van der Waals surface area (Å²) in [5, 5.41) is 19.8. The molecule has 0 saturated heterocycles. The molecule has 26 heavy (non-hydrogen) atoms. The molecule has 0 saturated carbocycles. The minimum absolute atomic E-state index is 0.0515. The van der Waals surface area contributed by atoms with Gasteiger partial charge in [-0.2, -0.15) is 5.26 Å². The van der Waals surface area contributed by atoms with E-state index in [4.69, 9.17) is 4.74 Å². The van der Waals surface area contributed by atoms with Crippen molar-refractivity contribution >= 4 is 11.5 Å². The van der Waals surface area contributed by atoms with Gasteiger partial charge in [0.2, 0.25) is 0 Å². The normalized spacial score (nSPS) is 24.6. The lowest BCUT2D eigenvalue weighted by atomic mass is 9.67. The molecule has 5 nitrogen and oxygen atoms in total. The third-order valence-corrected chi connectivity index (χ3v) is 5.08. The second-order valence-corrected chi connectivity index (χ2v) is 7.80. The summed E-state index contributed by atoms with van der Waals surface area (Å²) in [7, 11) is 0. The first-order valence-electron chi connectivity index (χ1n) is 8.94. The zero-order valence-electron chi connectivity index (χ0n) is 15.7. The first kappa shape index (κ1) is 18.2. The molecule has 1 aliphatic heterocycles. The lowest BCUT2D eigenvalue weighted by Gasteiger charge is -2.38. The highest BCUT2D eigenvalue weighted by atomic mass is 16.5. The highest BCUT2D eigenvalue weighted by molar-refractivity contribution is 6.03. The van der Waals surface area contributed by atoms with Crippen LogP contribution in [0.4, 0.5) is 0 Å². The van der Waals surface area contributed by atoms with E-state index >= 15 is 0 Å². The highest BCUT2D eigenvalue weighted by Crippen LogP contribution is 2.48. The second-order valence-electron chi connectivity index (χ2n) is 7.80. The van der Waals surface area contributed by atoms with Crippen LogP contribution in [-0.2, 0) is 4.79 Å². The van der Waals surface area contributed by atoms with Gasteiger partial charge in [-0.05, 0) is 43.4 Å². The van der Waals surface area contributed by atoms with Crippen LogP contribution in [0, 0.1) is 22.7 Å². The van der Waals surface area contributed by atoms with Gasteiger partial charge in [-0.25, -0.2) is 0 Å². The van der Waals surface area contributed by atoms with E-state index in [1.165, 1.54) is 0 Å². The van der Waals surface area contributed by atoms with Gasteiger partial charge in [-0.1, -0.05) is 19.9 Å². The Bertz CT molecular complexity index is 858.